The molecule has 0 atom stereocenters. The van der Waals surface area contributed by atoms with E-state index in [2.05, 4.69) is 15.3 Å². The van der Waals surface area contributed by atoms with Crippen molar-refractivity contribution in [3.05, 3.63) is 38.8 Å². The minimum Gasteiger partial charge on any atom is -0.354 e. The summed E-state index contributed by atoms with van der Waals surface area (Å²) in [6, 6.07) is 0. The maximum Gasteiger partial charge on any atom is 0.325 e. The Balaban J connectivity index is 3.04. The molecule has 5 nitrogen and oxygen atoms in total. The Labute approximate surface area is 74.5 Å². The molecule has 1 aromatic heterocycles. The molecule has 0 bridgehead atoms. The van der Waals surface area contributed by atoms with Crippen LogP contribution in [-0.4, -0.2) is 9.97 Å². The molecule has 70 valence electrons. The van der Waals surface area contributed by atoms with Gasteiger partial charge in [0.1, 0.15) is 5.69 Å². The third kappa shape index (κ3) is 2.33. The van der Waals surface area contributed by atoms with Crippen molar-refractivity contribution >= 4 is 5.69 Å². The van der Waals surface area contributed by atoms with Crippen LogP contribution in [0.4, 0.5) is 5.69 Å². The third-order valence-corrected chi connectivity index (χ3v) is 1.58. The number of aromatic nitrogens is 2. The number of allylic oxidation sites excluding steroid dienone is 2. The van der Waals surface area contributed by atoms with Crippen LogP contribution in [0.25, 0.3) is 0 Å². The highest BCUT2D eigenvalue weighted by atomic mass is 16.2. The first-order valence-electron chi connectivity index (χ1n) is 3.85. The van der Waals surface area contributed by atoms with E-state index in [0.29, 0.717) is 5.69 Å². The minimum atomic E-state index is -0.506. The Morgan fingerprint density at radius 2 is 2.23 bits per heavy atom. The van der Waals surface area contributed by atoms with Gasteiger partial charge >= 0.3 is 5.69 Å². The molecule has 0 saturated heterocycles. The van der Waals surface area contributed by atoms with Crippen molar-refractivity contribution in [1.82, 2.24) is 9.97 Å². The fraction of sp³-hybridized carbons (Fsp3) is 0.250. The molecule has 0 spiro atoms. The van der Waals surface area contributed by atoms with Crippen molar-refractivity contribution in [1.29, 1.82) is 0 Å². The van der Waals surface area contributed by atoms with Gasteiger partial charge in [-0.1, -0.05) is 6.08 Å². The average Bonchev–Trinajstić information content (AvgIpc) is 2.09. The van der Waals surface area contributed by atoms with Gasteiger partial charge in [0.05, 0.1) is 0 Å². The molecule has 0 aromatic carbocycles. The maximum atomic E-state index is 11.1. The molecule has 5 heteroatoms. The predicted octanol–water partition coefficient (Wildman–Crippen LogP) is 0.399. The summed E-state index contributed by atoms with van der Waals surface area (Å²) < 4.78 is 0. The van der Waals surface area contributed by atoms with Crippen molar-refractivity contribution in [2.24, 2.45) is 0 Å². The number of anilines is 1. The van der Waals surface area contributed by atoms with E-state index in [0.717, 1.165) is 5.70 Å². The van der Waals surface area contributed by atoms with Crippen molar-refractivity contribution in [3.63, 3.8) is 0 Å². The first-order chi connectivity index (χ1) is 6.13. The van der Waals surface area contributed by atoms with Crippen LogP contribution < -0.4 is 16.6 Å². The van der Waals surface area contributed by atoms with Crippen LogP contribution in [0.3, 0.4) is 0 Å². The van der Waals surface area contributed by atoms with Gasteiger partial charge in [0.2, 0.25) is 0 Å². The molecule has 0 amide bonds. The Kier molecular flexibility index (Phi) is 2.69. The molecule has 1 rings (SSSR count). The van der Waals surface area contributed by atoms with Crippen molar-refractivity contribution in [3.8, 4) is 0 Å². The van der Waals surface area contributed by atoms with Crippen LogP contribution in [0.5, 0.6) is 0 Å². The molecule has 0 radical (unpaired) electrons. The van der Waals surface area contributed by atoms with Crippen LogP contribution in [0, 0.1) is 0 Å². The Bertz CT molecular complexity index is 428. The summed E-state index contributed by atoms with van der Waals surface area (Å²) in [7, 11) is 0. The molecular weight excluding hydrogens is 170 g/mol. The molecule has 0 aliphatic heterocycles. The van der Waals surface area contributed by atoms with E-state index in [4.69, 9.17) is 0 Å². The van der Waals surface area contributed by atoms with E-state index < -0.39 is 11.2 Å². The summed E-state index contributed by atoms with van der Waals surface area (Å²) in [5.41, 5.74) is 0.242. The van der Waals surface area contributed by atoms with E-state index in [1.54, 1.807) is 0 Å². The Morgan fingerprint density at radius 1 is 1.54 bits per heavy atom. The first-order valence-corrected chi connectivity index (χ1v) is 3.85. The molecule has 0 aliphatic rings. The molecule has 0 unspecified atom stereocenters. The SMILES string of the molecule is C/C=C(\C)Nc1c[nH]c(=O)[nH]c1=O. The molecule has 1 heterocycles. The van der Waals surface area contributed by atoms with E-state index >= 15 is 0 Å². The Morgan fingerprint density at radius 3 is 2.77 bits per heavy atom. The number of rotatable bonds is 2. The minimum absolute atomic E-state index is 0.329. The predicted molar refractivity (Wildman–Crippen MR) is 50.7 cm³/mol. The molecule has 0 fully saturated rings. The van der Waals surface area contributed by atoms with Gasteiger partial charge in [0.25, 0.3) is 5.56 Å². The summed E-state index contributed by atoms with van der Waals surface area (Å²) in [6.45, 7) is 3.67. The molecule has 1 aromatic rings. The lowest BCUT2D eigenvalue weighted by Crippen LogP contribution is -2.23. The molecule has 0 aliphatic carbocycles. The zero-order valence-electron chi connectivity index (χ0n) is 7.47. The van der Waals surface area contributed by atoms with E-state index in [-0.39, 0.29) is 0 Å². The fourth-order valence-electron chi connectivity index (χ4n) is 0.787. The quantitative estimate of drug-likeness (QED) is 0.618. The van der Waals surface area contributed by atoms with Crippen LogP contribution in [0.2, 0.25) is 0 Å². The van der Waals surface area contributed by atoms with Gasteiger partial charge in [0, 0.05) is 11.9 Å². The summed E-state index contributed by atoms with van der Waals surface area (Å²) in [4.78, 5) is 26.3. The second-order valence-corrected chi connectivity index (χ2v) is 2.58. The fourth-order valence-corrected chi connectivity index (χ4v) is 0.787. The van der Waals surface area contributed by atoms with E-state index in [1.165, 1.54) is 6.20 Å². The summed E-state index contributed by atoms with van der Waals surface area (Å²) in [5.74, 6) is 0. The van der Waals surface area contributed by atoms with Gasteiger partial charge in [-0.3, -0.25) is 9.78 Å². The molecule has 13 heavy (non-hydrogen) atoms. The molecule has 3 N–H and O–H groups in total. The highest BCUT2D eigenvalue weighted by Gasteiger charge is 1.98. The number of H-pyrrole nitrogens is 2. The monoisotopic (exact) mass is 181 g/mol. The van der Waals surface area contributed by atoms with Gasteiger partial charge in [-0.2, -0.15) is 0 Å². The largest absolute Gasteiger partial charge is 0.354 e. The van der Waals surface area contributed by atoms with Gasteiger partial charge in [-0.15, -0.1) is 0 Å². The smallest absolute Gasteiger partial charge is 0.325 e. The second-order valence-electron chi connectivity index (χ2n) is 2.58. The maximum absolute atomic E-state index is 11.1. The van der Waals surface area contributed by atoms with Gasteiger partial charge < -0.3 is 10.3 Å². The number of hydrogen-bond acceptors (Lipinski definition) is 3. The number of aromatic amines is 2. The van der Waals surface area contributed by atoms with E-state index in [9.17, 15) is 9.59 Å². The number of hydrogen-bond donors (Lipinski definition) is 3. The van der Waals surface area contributed by atoms with Crippen molar-refractivity contribution in [2.75, 3.05) is 5.32 Å². The number of nitrogens with one attached hydrogen (secondary N) is 3. The lowest BCUT2D eigenvalue weighted by Gasteiger charge is -2.02. The summed E-state index contributed by atoms with van der Waals surface area (Å²) >= 11 is 0. The normalized spacial score (nSPS) is 11.4. The third-order valence-electron chi connectivity index (χ3n) is 1.58. The summed E-state index contributed by atoms with van der Waals surface area (Å²) in [5, 5.41) is 2.83. The van der Waals surface area contributed by atoms with Gasteiger partial charge in [-0.05, 0) is 13.8 Å². The molecular formula is C8H11N3O2. The zero-order valence-corrected chi connectivity index (χ0v) is 7.47. The zero-order chi connectivity index (χ0) is 9.84. The van der Waals surface area contributed by atoms with E-state index in [1.807, 2.05) is 19.9 Å². The van der Waals surface area contributed by atoms with Crippen molar-refractivity contribution < 1.29 is 0 Å². The lowest BCUT2D eigenvalue weighted by molar-refractivity contribution is 1.03. The highest BCUT2D eigenvalue weighted by molar-refractivity contribution is 5.43. The van der Waals surface area contributed by atoms with Gasteiger partial charge in [0.15, 0.2) is 0 Å². The Hall–Kier alpha value is -1.78. The molecule has 0 saturated carbocycles. The lowest BCUT2D eigenvalue weighted by atomic mass is 10.4. The standard InChI is InChI=1S/C8H11N3O2/c1-3-5(2)10-6-4-9-8(13)11-7(6)12/h3-4,10H,1-2H3,(H2,9,11,12,13)/b5-3+. The summed E-state index contributed by atoms with van der Waals surface area (Å²) in [6.07, 6.45) is 3.17. The first kappa shape index (κ1) is 9.31. The van der Waals surface area contributed by atoms with Gasteiger partial charge in [-0.25, -0.2) is 4.79 Å². The average molecular weight is 181 g/mol. The van der Waals surface area contributed by atoms with Crippen LogP contribution >= 0.6 is 0 Å². The van der Waals surface area contributed by atoms with Crippen LogP contribution in [-0.2, 0) is 0 Å². The van der Waals surface area contributed by atoms with Crippen LogP contribution in [0.1, 0.15) is 13.8 Å². The van der Waals surface area contributed by atoms with Crippen molar-refractivity contribution in [2.45, 2.75) is 13.8 Å². The second kappa shape index (κ2) is 3.75. The topological polar surface area (TPSA) is 77.8 Å². The highest BCUT2D eigenvalue weighted by Crippen LogP contribution is 1.98. The van der Waals surface area contributed by atoms with Crippen LogP contribution in [0.15, 0.2) is 27.6 Å².